The molecule has 0 aliphatic rings. The molecule has 2 heterocycles. The molecule has 0 aliphatic carbocycles. The highest BCUT2D eigenvalue weighted by atomic mass is 16.5. The fourth-order valence-corrected chi connectivity index (χ4v) is 2.83. The van der Waals surface area contributed by atoms with Crippen molar-refractivity contribution < 1.29 is 14.3 Å². The summed E-state index contributed by atoms with van der Waals surface area (Å²) in [5, 5.41) is 2.88. The lowest BCUT2D eigenvalue weighted by Gasteiger charge is -2.09. The number of pyridine rings is 1. The lowest BCUT2D eigenvalue weighted by Crippen LogP contribution is -2.23. The van der Waals surface area contributed by atoms with Crippen LogP contribution < -0.4 is 14.8 Å². The van der Waals surface area contributed by atoms with Crippen LogP contribution in [-0.4, -0.2) is 35.1 Å². The first-order valence-electron chi connectivity index (χ1n) is 9.28. The highest BCUT2D eigenvalue weighted by Crippen LogP contribution is 2.18. The summed E-state index contributed by atoms with van der Waals surface area (Å²) in [6, 6.07) is 11.4. The lowest BCUT2D eigenvalue weighted by atomic mass is 10.2. The SMILES string of the molecule is COc1cccn2cc(CCNC(=O)/C=C/c3cccc(OC(C)C)c3)nc12. The second-order valence-electron chi connectivity index (χ2n) is 6.65. The van der Waals surface area contributed by atoms with Gasteiger partial charge < -0.3 is 19.2 Å². The number of hydrogen-bond donors (Lipinski definition) is 1. The first-order valence-corrected chi connectivity index (χ1v) is 9.28. The van der Waals surface area contributed by atoms with Gasteiger partial charge in [0.05, 0.1) is 18.9 Å². The van der Waals surface area contributed by atoms with Gasteiger partial charge in [0.1, 0.15) is 5.75 Å². The molecule has 3 aromatic rings. The zero-order chi connectivity index (χ0) is 19.9. The fourth-order valence-electron chi connectivity index (χ4n) is 2.83. The molecule has 28 heavy (non-hydrogen) atoms. The van der Waals surface area contributed by atoms with Crippen LogP contribution >= 0.6 is 0 Å². The molecular formula is C22H25N3O3. The third kappa shape index (κ3) is 5.13. The average molecular weight is 379 g/mol. The number of carbonyl (C=O) groups excluding carboxylic acids is 1. The molecule has 0 fully saturated rings. The molecule has 6 nitrogen and oxygen atoms in total. The molecule has 0 bridgehead atoms. The van der Waals surface area contributed by atoms with Gasteiger partial charge in [0.2, 0.25) is 5.91 Å². The molecule has 0 unspecified atom stereocenters. The number of hydrogen-bond acceptors (Lipinski definition) is 4. The molecule has 0 aliphatic heterocycles. The van der Waals surface area contributed by atoms with E-state index in [1.807, 2.05) is 67.0 Å². The summed E-state index contributed by atoms with van der Waals surface area (Å²) >= 11 is 0. The number of aromatic nitrogens is 2. The van der Waals surface area contributed by atoms with E-state index in [4.69, 9.17) is 9.47 Å². The van der Waals surface area contributed by atoms with Crippen molar-refractivity contribution in [3.05, 3.63) is 66.1 Å². The van der Waals surface area contributed by atoms with E-state index in [0.717, 1.165) is 28.4 Å². The Morgan fingerprint density at radius 2 is 2.14 bits per heavy atom. The number of benzene rings is 1. The first kappa shape index (κ1) is 19.5. The van der Waals surface area contributed by atoms with Gasteiger partial charge in [0.25, 0.3) is 0 Å². The molecule has 146 valence electrons. The Hall–Kier alpha value is -3.28. The van der Waals surface area contributed by atoms with Crippen LogP contribution in [0, 0.1) is 0 Å². The van der Waals surface area contributed by atoms with Gasteiger partial charge in [-0.2, -0.15) is 0 Å². The maximum Gasteiger partial charge on any atom is 0.244 e. The molecule has 1 amide bonds. The van der Waals surface area contributed by atoms with Crippen LogP contribution in [0.15, 0.2) is 54.9 Å². The lowest BCUT2D eigenvalue weighted by molar-refractivity contribution is -0.116. The number of amides is 1. The molecule has 2 aromatic heterocycles. The predicted molar refractivity (Wildman–Crippen MR) is 110 cm³/mol. The number of nitrogens with zero attached hydrogens (tertiary/aromatic N) is 2. The van der Waals surface area contributed by atoms with Crippen LogP contribution in [0.3, 0.4) is 0 Å². The fraction of sp³-hybridized carbons (Fsp3) is 0.273. The molecule has 0 atom stereocenters. The summed E-state index contributed by atoms with van der Waals surface area (Å²) in [4.78, 5) is 16.6. The van der Waals surface area contributed by atoms with E-state index in [0.29, 0.717) is 13.0 Å². The zero-order valence-electron chi connectivity index (χ0n) is 16.4. The Labute approximate surface area is 164 Å². The minimum absolute atomic E-state index is 0.113. The van der Waals surface area contributed by atoms with Gasteiger partial charge in [0, 0.05) is 31.4 Å². The molecule has 6 heteroatoms. The molecule has 3 rings (SSSR count). The third-order valence-electron chi connectivity index (χ3n) is 4.05. The maximum atomic E-state index is 12.1. The van der Waals surface area contributed by atoms with E-state index in [9.17, 15) is 4.79 Å². The molecule has 1 aromatic carbocycles. The second kappa shape index (κ2) is 9.08. The number of ether oxygens (including phenoxy) is 2. The Morgan fingerprint density at radius 1 is 1.29 bits per heavy atom. The van der Waals surface area contributed by atoms with E-state index >= 15 is 0 Å². The summed E-state index contributed by atoms with van der Waals surface area (Å²) < 4.78 is 12.9. The van der Waals surface area contributed by atoms with Crippen LogP contribution in [0.4, 0.5) is 0 Å². The highest BCUT2D eigenvalue weighted by molar-refractivity contribution is 5.91. The standard InChI is InChI=1S/C22H25N3O3/c1-16(2)28-19-7-4-6-17(14-19)9-10-21(26)23-12-11-18-15-25-13-5-8-20(27-3)22(25)24-18/h4-10,13-16H,11-12H2,1-3H3,(H,23,26)/b10-9+. The van der Waals surface area contributed by atoms with Gasteiger partial charge in [0.15, 0.2) is 11.4 Å². The van der Waals surface area contributed by atoms with Crippen molar-refractivity contribution in [2.24, 2.45) is 0 Å². The van der Waals surface area contributed by atoms with E-state index < -0.39 is 0 Å². The largest absolute Gasteiger partial charge is 0.493 e. The quantitative estimate of drug-likeness (QED) is 0.609. The summed E-state index contributed by atoms with van der Waals surface area (Å²) in [5.74, 6) is 1.38. The Balaban J connectivity index is 1.53. The minimum atomic E-state index is -0.142. The predicted octanol–water partition coefficient (Wildman–Crippen LogP) is 3.50. The van der Waals surface area contributed by atoms with E-state index in [-0.39, 0.29) is 12.0 Å². The minimum Gasteiger partial charge on any atom is -0.493 e. The second-order valence-corrected chi connectivity index (χ2v) is 6.65. The van der Waals surface area contributed by atoms with Gasteiger partial charge in [-0.1, -0.05) is 12.1 Å². The first-order chi connectivity index (χ1) is 13.5. The monoisotopic (exact) mass is 379 g/mol. The molecule has 0 saturated heterocycles. The topological polar surface area (TPSA) is 64.9 Å². The average Bonchev–Trinajstić information content (AvgIpc) is 3.09. The van der Waals surface area contributed by atoms with Crippen LogP contribution in [-0.2, 0) is 11.2 Å². The van der Waals surface area contributed by atoms with Gasteiger partial charge in [-0.15, -0.1) is 0 Å². The van der Waals surface area contributed by atoms with Gasteiger partial charge in [-0.25, -0.2) is 4.98 Å². The molecule has 0 radical (unpaired) electrons. The molecule has 1 N–H and O–H groups in total. The van der Waals surface area contributed by atoms with E-state index in [1.165, 1.54) is 6.08 Å². The van der Waals surface area contributed by atoms with Crippen LogP contribution in [0.25, 0.3) is 11.7 Å². The number of nitrogens with one attached hydrogen (secondary N) is 1. The van der Waals surface area contributed by atoms with E-state index in [1.54, 1.807) is 13.2 Å². The van der Waals surface area contributed by atoms with Crippen molar-refractivity contribution in [3.8, 4) is 11.5 Å². The summed E-state index contributed by atoms with van der Waals surface area (Å²) in [6.45, 7) is 4.47. The van der Waals surface area contributed by atoms with Crippen molar-refractivity contribution in [2.75, 3.05) is 13.7 Å². The normalized spacial score (nSPS) is 11.3. The molecular weight excluding hydrogens is 354 g/mol. The summed E-state index contributed by atoms with van der Waals surface area (Å²) in [7, 11) is 1.63. The van der Waals surface area contributed by atoms with Crippen molar-refractivity contribution in [1.82, 2.24) is 14.7 Å². The van der Waals surface area contributed by atoms with Crippen LogP contribution in [0.1, 0.15) is 25.1 Å². The van der Waals surface area contributed by atoms with E-state index in [2.05, 4.69) is 10.3 Å². The van der Waals surface area contributed by atoms with Gasteiger partial charge in [-0.05, 0) is 49.8 Å². The highest BCUT2D eigenvalue weighted by Gasteiger charge is 2.06. The van der Waals surface area contributed by atoms with Gasteiger partial charge in [-0.3, -0.25) is 4.79 Å². The Morgan fingerprint density at radius 3 is 2.93 bits per heavy atom. The van der Waals surface area contributed by atoms with Crippen molar-refractivity contribution in [1.29, 1.82) is 0 Å². The molecule has 0 saturated carbocycles. The smallest absolute Gasteiger partial charge is 0.244 e. The summed E-state index contributed by atoms with van der Waals surface area (Å²) in [5.41, 5.74) is 2.59. The number of fused-ring (bicyclic) bond motifs is 1. The van der Waals surface area contributed by atoms with Crippen molar-refractivity contribution in [2.45, 2.75) is 26.4 Å². The third-order valence-corrected chi connectivity index (χ3v) is 4.05. The van der Waals surface area contributed by atoms with Crippen LogP contribution in [0.5, 0.6) is 11.5 Å². The Kier molecular flexibility index (Phi) is 6.32. The van der Waals surface area contributed by atoms with Crippen LogP contribution in [0.2, 0.25) is 0 Å². The zero-order valence-corrected chi connectivity index (χ0v) is 16.4. The van der Waals surface area contributed by atoms with Crippen molar-refractivity contribution >= 4 is 17.6 Å². The molecule has 0 spiro atoms. The van der Waals surface area contributed by atoms with Crippen molar-refractivity contribution in [3.63, 3.8) is 0 Å². The number of imidazole rings is 1. The maximum absolute atomic E-state index is 12.1. The summed E-state index contributed by atoms with van der Waals surface area (Å²) in [6.07, 6.45) is 7.93. The van der Waals surface area contributed by atoms with Gasteiger partial charge >= 0.3 is 0 Å². The number of rotatable bonds is 8. The number of carbonyl (C=O) groups is 1. The number of methoxy groups -OCH3 is 1. The Bertz CT molecular complexity index is 976.